The van der Waals surface area contributed by atoms with Crippen LogP contribution in [-0.4, -0.2) is 34.4 Å². The fourth-order valence-corrected chi connectivity index (χ4v) is 2.15. The summed E-state index contributed by atoms with van der Waals surface area (Å²) in [6.45, 7) is 2.85. The highest BCUT2D eigenvalue weighted by Crippen LogP contribution is 2.17. The average molecular weight is 363 g/mol. The molecule has 22 heavy (non-hydrogen) atoms. The van der Waals surface area contributed by atoms with Gasteiger partial charge in [0.2, 0.25) is 5.95 Å². The van der Waals surface area contributed by atoms with E-state index < -0.39 is 0 Å². The topological polar surface area (TPSA) is 58.1 Å². The number of amides is 1. The Balaban J connectivity index is 2.00. The van der Waals surface area contributed by atoms with Crippen LogP contribution in [0.25, 0.3) is 0 Å². The molecule has 2 aromatic rings. The Kier molecular flexibility index (Phi) is 5.89. The molecule has 0 saturated carbocycles. The van der Waals surface area contributed by atoms with Crippen molar-refractivity contribution in [2.45, 2.75) is 19.8 Å². The van der Waals surface area contributed by atoms with Crippen LogP contribution in [-0.2, 0) is 0 Å². The maximum absolute atomic E-state index is 12.2. The SMILES string of the molecule is CCCCN(C)C(=O)c1cnc(Nc2ccc(Br)cc2)nc1. The molecule has 1 aromatic carbocycles. The third kappa shape index (κ3) is 4.53. The van der Waals surface area contributed by atoms with E-state index in [2.05, 4.69) is 38.1 Å². The molecular weight excluding hydrogens is 344 g/mol. The molecule has 6 heteroatoms. The molecule has 1 N–H and O–H groups in total. The predicted octanol–water partition coefficient (Wildman–Crippen LogP) is 3.85. The maximum atomic E-state index is 12.2. The lowest BCUT2D eigenvalue weighted by molar-refractivity contribution is 0.0792. The van der Waals surface area contributed by atoms with Gasteiger partial charge in [0.15, 0.2) is 0 Å². The molecule has 0 aliphatic heterocycles. The molecule has 116 valence electrons. The van der Waals surface area contributed by atoms with Gasteiger partial charge in [-0.3, -0.25) is 4.79 Å². The number of carbonyl (C=O) groups is 1. The first-order valence-corrected chi connectivity index (χ1v) is 7.99. The standard InChI is InChI=1S/C16H19BrN4O/c1-3-4-9-21(2)15(22)12-10-18-16(19-11-12)20-14-7-5-13(17)6-8-14/h5-8,10-11H,3-4,9H2,1-2H3,(H,18,19,20). The second-order valence-electron chi connectivity index (χ2n) is 5.01. The first-order valence-electron chi connectivity index (χ1n) is 7.20. The quantitative estimate of drug-likeness (QED) is 0.847. The zero-order valence-corrected chi connectivity index (χ0v) is 14.3. The summed E-state index contributed by atoms with van der Waals surface area (Å²) in [5.74, 6) is 0.415. The molecule has 0 aliphatic carbocycles. The molecule has 0 saturated heterocycles. The molecule has 0 radical (unpaired) electrons. The van der Waals surface area contributed by atoms with Crippen molar-refractivity contribution in [3.63, 3.8) is 0 Å². The van der Waals surface area contributed by atoms with Crippen LogP contribution in [0.2, 0.25) is 0 Å². The van der Waals surface area contributed by atoms with Crippen molar-refractivity contribution >= 4 is 33.5 Å². The Labute approximate surface area is 138 Å². The number of carbonyl (C=O) groups excluding carboxylic acids is 1. The van der Waals surface area contributed by atoms with E-state index in [1.54, 1.807) is 24.3 Å². The van der Waals surface area contributed by atoms with Crippen LogP contribution in [0, 0.1) is 0 Å². The number of hydrogen-bond donors (Lipinski definition) is 1. The van der Waals surface area contributed by atoms with E-state index >= 15 is 0 Å². The summed E-state index contributed by atoms with van der Waals surface area (Å²) >= 11 is 3.39. The van der Waals surface area contributed by atoms with Crippen LogP contribution in [0.4, 0.5) is 11.6 Å². The van der Waals surface area contributed by atoms with Gasteiger partial charge in [-0.25, -0.2) is 9.97 Å². The van der Waals surface area contributed by atoms with Gasteiger partial charge in [-0.15, -0.1) is 0 Å². The largest absolute Gasteiger partial charge is 0.342 e. The molecule has 0 bridgehead atoms. The molecule has 1 heterocycles. The smallest absolute Gasteiger partial charge is 0.256 e. The third-order valence-corrected chi connectivity index (χ3v) is 3.72. The number of halogens is 1. The fraction of sp³-hybridized carbons (Fsp3) is 0.312. The van der Waals surface area contributed by atoms with Crippen molar-refractivity contribution in [3.8, 4) is 0 Å². The highest BCUT2D eigenvalue weighted by molar-refractivity contribution is 9.10. The van der Waals surface area contributed by atoms with Crippen LogP contribution < -0.4 is 5.32 Å². The molecule has 1 aromatic heterocycles. The summed E-state index contributed by atoms with van der Waals surface area (Å²) < 4.78 is 1.01. The average Bonchev–Trinajstić information content (AvgIpc) is 2.55. The van der Waals surface area contributed by atoms with E-state index in [-0.39, 0.29) is 5.91 Å². The molecule has 0 atom stereocenters. The number of rotatable bonds is 6. The highest BCUT2D eigenvalue weighted by Gasteiger charge is 2.12. The van der Waals surface area contributed by atoms with Gasteiger partial charge in [0.1, 0.15) is 0 Å². The van der Waals surface area contributed by atoms with E-state index in [1.165, 1.54) is 0 Å². The maximum Gasteiger partial charge on any atom is 0.256 e. The van der Waals surface area contributed by atoms with Crippen molar-refractivity contribution in [1.29, 1.82) is 0 Å². The second-order valence-corrected chi connectivity index (χ2v) is 5.92. The molecule has 0 fully saturated rings. The lowest BCUT2D eigenvalue weighted by Crippen LogP contribution is -2.27. The van der Waals surface area contributed by atoms with Gasteiger partial charge in [0.25, 0.3) is 5.91 Å². The predicted molar refractivity (Wildman–Crippen MR) is 91.3 cm³/mol. The number of hydrogen-bond acceptors (Lipinski definition) is 4. The molecule has 5 nitrogen and oxygen atoms in total. The zero-order valence-electron chi connectivity index (χ0n) is 12.7. The minimum Gasteiger partial charge on any atom is -0.342 e. The highest BCUT2D eigenvalue weighted by atomic mass is 79.9. The van der Waals surface area contributed by atoms with E-state index in [4.69, 9.17) is 0 Å². The number of anilines is 2. The summed E-state index contributed by atoms with van der Waals surface area (Å²) in [6, 6.07) is 7.71. The summed E-state index contributed by atoms with van der Waals surface area (Å²) in [5, 5.41) is 3.09. The van der Waals surface area contributed by atoms with Crippen LogP contribution >= 0.6 is 15.9 Å². The Morgan fingerprint density at radius 1 is 1.23 bits per heavy atom. The van der Waals surface area contributed by atoms with Crippen molar-refractivity contribution in [3.05, 3.63) is 46.7 Å². The van der Waals surface area contributed by atoms with Gasteiger partial charge in [-0.05, 0) is 30.7 Å². The molecule has 1 amide bonds. The van der Waals surface area contributed by atoms with Crippen LogP contribution in [0.3, 0.4) is 0 Å². The summed E-state index contributed by atoms with van der Waals surface area (Å²) in [6.07, 6.45) is 5.16. The Bertz CT molecular complexity index is 613. The number of nitrogens with one attached hydrogen (secondary N) is 1. The zero-order chi connectivity index (χ0) is 15.9. The molecule has 0 spiro atoms. The first kappa shape index (κ1) is 16.4. The van der Waals surface area contributed by atoms with Crippen LogP contribution in [0.1, 0.15) is 30.1 Å². The van der Waals surface area contributed by atoms with Crippen molar-refractivity contribution < 1.29 is 4.79 Å². The second kappa shape index (κ2) is 7.89. The summed E-state index contributed by atoms with van der Waals surface area (Å²) in [5.41, 5.74) is 1.39. The van der Waals surface area contributed by atoms with Crippen molar-refractivity contribution in [2.75, 3.05) is 18.9 Å². The third-order valence-electron chi connectivity index (χ3n) is 3.19. The van der Waals surface area contributed by atoms with Crippen LogP contribution in [0.15, 0.2) is 41.1 Å². The van der Waals surface area contributed by atoms with Gasteiger partial charge in [0, 0.05) is 36.1 Å². The van der Waals surface area contributed by atoms with E-state index in [0.717, 1.165) is 29.5 Å². The Morgan fingerprint density at radius 2 is 1.86 bits per heavy atom. The van der Waals surface area contributed by atoms with Gasteiger partial charge in [0.05, 0.1) is 5.56 Å². The number of nitrogens with zero attached hydrogens (tertiary/aromatic N) is 3. The molecular formula is C16H19BrN4O. The lowest BCUT2D eigenvalue weighted by atomic mass is 10.2. The number of aromatic nitrogens is 2. The molecule has 2 rings (SSSR count). The van der Waals surface area contributed by atoms with Gasteiger partial charge < -0.3 is 10.2 Å². The number of unbranched alkanes of at least 4 members (excludes halogenated alkanes) is 1. The van der Waals surface area contributed by atoms with Gasteiger partial charge >= 0.3 is 0 Å². The number of benzene rings is 1. The van der Waals surface area contributed by atoms with E-state index in [9.17, 15) is 4.79 Å². The normalized spacial score (nSPS) is 10.3. The van der Waals surface area contributed by atoms with E-state index in [1.807, 2.05) is 24.3 Å². The van der Waals surface area contributed by atoms with Crippen LogP contribution in [0.5, 0.6) is 0 Å². The first-order chi connectivity index (χ1) is 10.6. The Morgan fingerprint density at radius 3 is 2.45 bits per heavy atom. The minimum absolute atomic E-state index is 0.0522. The minimum atomic E-state index is -0.0522. The van der Waals surface area contributed by atoms with E-state index in [0.29, 0.717) is 11.5 Å². The van der Waals surface area contributed by atoms with Gasteiger partial charge in [-0.1, -0.05) is 29.3 Å². The van der Waals surface area contributed by atoms with Gasteiger partial charge in [-0.2, -0.15) is 0 Å². The summed E-state index contributed by atoms with van der Waals surface area (Å²) in [7, 11) is 1.80. The Hall–Kier alpha value is -1.95. The molecule has 0 aliphatic rings. The summed E-state index contributed by atoms with van der Waals surface area (Å²) in [4.78, 5) is 22.3. The fourth-order valence-electron chi connectivity index (χ4n) is 1.88. The van der Waals surface area contributed by atoms with Crippen molar-refractivity contribution in [2.24, 2.45) is 0 Å². The molecule has 0 unspecified atom stereocenters. The lowest BCUT2D eigenvalue weighted by Gasteiger charge is -2.16. The monoisotopic (exact) mass is 362 g/mol. The van der Waals surface area contributed by atoms with Crippen molar-refractivity contribution in [1.82, 2.24) is 14.9 Å².